The fourth-order valence-corrected chi connectivity index (χ4v) is 1.86. The van der Waals surface area contributed by atoms with Gasteiger partial charge in [0, 0.05) is 18.0 Å². The average molecular weight is 270 g/mol. The molecule has 0 aliphatic carbocycles. The van der Waals surface area contributed by atoms with E-state index in [0.717, 1.165) is 5.52 Å². The number of ether oxygens (including phenoxy) is 1. The van der Waals surface area contributed by atoms with Crippen molar-refractivity contribution >= 4 is 17.0 Å². The van der Waals surface area contributed by atoms with Gasteiger partial charge in [-0.25, -0.2) is 4.68 Å². The van der Waals surface area contributed by atoms with Crippen molar-refractivity contribution in [2.24, 2.45) is 0 Å². The van der Waals surface area contributed by atoms with Gasteiger partial charge in [-0.15, -0.1) is 5.10 Å². The zero-order valence-electron chi connectivity index (χ0n) is 10.6. The van der Waals surface area contributed by atoms with Crippen molar-refractivity contribution in [2.45, 2.75) is 6.54 Å². The van der Waals surface area contributed by atoms with Crippen molar-refractivity contribution in [3.8, 4) is 11.4 Å². The summed E-state index contributed by atoms with van der Waals surface area (Å²) in [5, 5.41) is 11.3. The van der Waals surface area contributed by atoms with E-state index in [2.05, 4.69) is 30.2 Å². The third-order valence-electron chi connectivity index (χ3n) is 2.78. The molecule has 3 rings (SSSR count). The maximum Gasteiger partial charge on any atom is 0.327 e. The molecule has 8 nitrogen and oxygen atoms in total. The minimum Gasteiger partial charge on any atom is -0.468 e. The summed E-state index contributed by atoms with van der Waals surface area (Å²) in [5.74, 6) is 0.0198. The van der Waals surface area contributed by atoms with Crippen molar-refractivity contribution in [3.63, 3.8) is 0 Å². The number of rotatable bonds is 3. The number of carbonyl (C=O) groups is 1. The first-order valence-electron chi connectivity index (χ1n) is 5.82. The standard InChI is InChI=1S/C12H10N6O2/c1-20-10(19)7-18-12(15-16-17-18)8-3-2-4-9-11(8)14-6-5-13-9/h2-6H,7H2,1H3. The molecule has 0 atom stereocenters. The quantitative estimate of drug-likeness (QED) is 0.638. The number of carbonyl (C=O) groups excluding carboxylic acids is 1. The highest BCUT2D eigenvalue weighted by Gasteiger charge is 2.15. The third-order valence-corrected chi connectivity index (χ3v) is 2.78. The number of tetrazole rings is 1. The largest absolute Gasteiger partial charge is 0.468 e. The first-order valence-corrected chi connectivity index (χ1v) is 5.82. The average Bonchev–Trinajstić information content (AvgIpc) is 2.94. The van der Waals surface area contributed by atoms with E-state index in [0.29, 0.717) is 16.9 Å². The third kappa shape index (κ3) is 2.07. The Balaban J connectivity index is 2.12. The smallest absolute Gasteiger partial charge is 0.327 e. The molecule has 0 saturated heterocycles. The summed E-state index contributed by atoms with van der Waals surface area (Å²) in [7, 11) is 1.32. The normalized spacial score (nSPS) is 10.7. The molecular weight excluding hydrogens is 260 g/mol. The van der Waals surface area contributed by atoms with E-state index in [-0.39, 0.29) is 6.54 Å². The number of esters is 1. The molecule has 0 N–H and O–H groups in total. The number of aromatic nitrogens is 6. The van der Waals surface area contributed by atoms with E-state index < -0.39 is 5.97 Å². The van der Waals surface area contributed by atoms with Gasteiger partial charge in [0.2, 0.25) is 0 Å². The van der Waals surface area contributed by atoms with E-state index >= 15 is 0 Å². The fourth-order valence-electron chi connectivity index (χ4n) is 1.86. The number of para-hydroxylation sites is 1. The van der Waals surface area contributed by atoms with Gasteiger partial charge in [-0.2, -0.15) is 0 Å². The van der Waals surface area contributed by atoms with Crippen molar-refractivity contribution in [3.05, 3.63) is 30.6 Å². The Morgan fingerprint density at radius 3 is 3.00 bits per heavy atom. The predicted molar refractivity (Wildman–Crippen MR) is 68.4 cm³/mol. The van der Waals surface area contributed by atoms with Crippen LogP contribution in [0.4, 0.5) is 0 Å². The van der Waals surface area contributed by atoms with E-state index in [1.165, 1.54) is 11.8 Å². The molecule has 0 spiro atoms. The maximum absolute atomic E-state index is 11.4. The fraction of sp³-hybridized carbons (Fsp3) is 0.167. The second kappa shape index (κ2) is 5.00. The first-order chi connectivity index (χ1) is 9.79. The van der Waals surface area contributed by atoms with Crippen molar-refractivity contribution in [2.75, 3.05) is 7.11 Å². The molecule has 0 saturated carbocycles. The second-order valence-electron chi connectivity index (χ2n) is 3.97. The number of hydrogen-bond donors (Lipinski definition) is 0. The topological polar surface area (TPSA) is 95.7 Å². The highest BCUT2D eigenvalue weighted by Crippen LogP contribution is 2.23. The van der Waals surface area contributed by atoms with Crippen molar-refractivity contribution < 1.29 is 9.53 Å². The minimum atomic E-state index is -0.426. The Morgan fingerprint density at radius 1 is 1.30 bits per heavy atom. The molecule has 0 fully saturated rings. The molecule has 1 aromatic carbocycles. The van der Waals surface area contributed by atoms with Crippen LogP contribution >= 0.6 is 0 Å². The van der Waals surface area contributed by atoms with E-state index in [4.69, 9.17) is 0 Å². The van der Waals surface area contributed by atoms with E-state index in [9.17, 15) is 4.79 Å². The van der Waals surface area contributed by atoms with Crippen LogP contribution in [0.1, 0.15) is 0 Å². The lowest BCUT2D eigenvalue weighted by Gasteiger charge is -2.05. The van der Waals surface area contributed by atoms with Gasteiger partial charge in [0.1, 0.15) is 6.54 Å². The van der Waals surface area contributed by atoms with Crippen molar-refractivity contribution in [1.82, 2.24) is 30.2 Å². The lowest BCUT2D eigenvalue weighted by atomic mass is 10.1. The van der Waals surface area contributed by atoms with Gasteiger partial charge in [-0.3, -0.25) is 14.8 Å². The van der Waals surface area contributed by atoms with Crippen LogP contribution in [0.2, 0.25) is 0 Å². The van der Waals surface area contributed by atoms with E-state index in [1.54, 1.807) is 12.4 Å². The SMILES string of the molecule is COC(=O)Cn1nnnc1-c1cccc2nccnc12. The number of fused-ring (bicyclic) bond motifs is 1. The van der Waals surface area contributed by atoms with Gasteiger partial charge in [0.25, 0.3) is 0 Å². The number of benzene rings is 1. The van der Waals surface area contributed by atoms with Crippen LogP contribution in [0.3, 0.4) is 0 Å². The van der Waals surface area contributed by atoms with Crippen LogP contribution in [-0.2, 0) is 16.1 Å². The Morgan fingerprint density at radius 2 is 2.15 bits per heavy atom. The first kappa shape index (κ1) is 12.2. The monoisotopic (exact) mass is 270 g/mol. The van der Waals surface area contributed by atoms with Crippen LogP contribution in [-0.4, -0.2) is 43.3 Å². The molecule has 8 heteroatoms. The van der Waals surface area contributed by atoms with Gasteiger partial charge in [0.15, 0.2) is 5.82 Å². The van der Waals surface area contributed by atoms with Crippen LogP contribution in [0.15, 0.2) is 30.6 Å². The molecule has 0 aliphatic rings. The zero-order chi connectivity index (χ0) is 13.9. The molecule has 2 aromatic heterocycles. The molecular formula is C12H10N6O2. The summed E-state index contributed by atoms with van der Waals surface area (Å²) >= 11 is 0. The van der Waals surface area contributed by atoms with Gasteiger partial charge in [-0.1, -0.05) is 6.07 Å². The molecule has 0 unspecified atom stereocenters. The molecule has 2 heterocycles. The second-order valence-corrected chi connectivity index (χ2v) is 3.97. The lowest BCUT2D eigenvalue weighted by molar-refractivity contribution is -0.141. The summed E-state index contributed by atoms with van der Waals surface area (Å²) in [6.45, 7) is -0.0600. The summed E-state index contributed by atoms with van der Waals surface area (Å²) in [4.78, 5) is 19.9. The molecule has 0 amide bonds. The molecule has 100 valence electrons. The molecule has 0 radical (unpaired) electrons. The predicted octanol–water partition coefficient (Wildman–Crippen LogP) is 0.456. The minimum absolute atomic E-state index is 0.0600. The van der Waals surface area contributed by atoms with Crippen LogP contribution in [0.25, 0.3) is 22.4 Å². The zero-order valence-corrected chi connectivity index (χ0v) is 10.6. The summed E-state index contributed by atoms with van der Waals surface area (Å²) in [5.41, 5.74) is 2.12. The van der Waals surface area contributed by atoms with Gasteiger partial charge >= 0.3 is 5.97 Å². The summed E-state index contributed by atoms with van der Waals surface area (Å²) in [6.07, 6.45) is 3.21. The Hall–Kier alpha value is -2.90. The van der Waals surface area contributed by atoms with Crippen LogP contribution in [0.5, 0.6) is 0 Å². The highest BCUT2D eigenvalue weighted by atomic mass is 16.5. The highest BCUT2D eigenvalue weighted by molar-refractivity contribution is 5.89. The van der Waals surface area contributed by atoms with E-state index in [1.807, 2.05) is 18.2 Å². The summed E-state index contributed by atoms with van der Waals surface area (Å²) < 4.78 is 5.99. The Labute approximate surface area is 113 Å². The number of nitrogens with zero attached hydrogens (tertiary/aromatic N) is 6. The number of methoxy groups -OCH3 is 1. The lowest BCUT2D eigenvalue weighted by Crippen LogP contribution is -2.14. The summed E-state index contributed by atoms with van der Waals surface area (Å²) in [6, 6.07) is 5.51. The van der Waals surface area contributed by atoms with Gasteiger partial charge in [0.05, 0.1) is 18.1 Å². The number of hydrogen-bond acceptors (Lipinski definition) is 7. The Bertz CT molecular complexity index is 764. The van der Waals surface area contributed by atoms with Crippen LogP contribution < -0.4 is 0 Å². The molecule has 20 heavy (non-hydrogen) atoms. The maximum atomic E-state index is 11.4. The van der Waals surface area contributed by atoms with Gasteiger partial charge in [-0.05, 0) is 22.6 Å². The Kier molecular flexibility index (Phi) is 3.04. The van der Waals surface area contributed by atoms with Gasteiger partial charge < -0.3 is 4.74 Å². The molecule has 0 aliphatic heterocycles. The molecule has 3 aromatic rings. The van der Waals surface area contributed by atoms with Crippen molar-refractivity contribution in [1.29, 1.82) is 0 Å². The molecule has 0 bridgehead atoms. The van der Waals surface area contributed by atoms with Crippen LogP contribution in [0, 0.1) is 0 Å².